The summed E-state index contributed by atoms with van der Waals surface area (Å²) in [5.41, 5.74) is -0.112. The van der Waals surface area contributed by atoms with Gasteiger partial charge in [-0.15, -0.1) is 12.4 Å². The molecule has 0 atom stereocenters. The van der Waals surface area contributed by atoms with Gasteiger partial charge in [-0.25, -0.2) is 17.2 Å². The van der Waals surface area contributed by atoms with E-state index in [2.05, 4.69) is 5.32 Å². The molecule has 0 radical (unpaired) electrons. The Labute approximate surface area is 156 Å². The van der Waals surface area contributed by atoms with Crippen LogP contribution in [0.5, 0.6) is 0 Å². The number of rotatable bonds is 3. The van der Waals surface area contributed by atoms with Crippen LogP contribution in [-0.2, 0) is 14.6 Å². The molecule has 0 bridgehead atoms. The van der Waals surface area contributed by atoms with Crippen LogP contribution in [0.4, 0.5) is 8.78 Å². The summed E-state index contributed by atoms with van der Waals surface area (Å²) in [7, 11) is -3.94. The summed E-state index contributed by atoms with van der Waals surface area (Å²) < 4.78 is 53.3. The molecule has 1 aliphatic heterocycles. The first-order chi connectivity index (χ1) is 11.4. The van der Waals surface area contributed by atoms with Crippen molar-refractivity contribution in [3.05, 3.63) is 64.7 Å². The number of benzene rings is 2. The quantitative estimate of drug-likeness (QED) is 0.832. The third-order valence-electron chi connectivity index (χ3n) is 4.47. The van der Waals surface area contributed by atoms with Crippen LogP contribution in [0, 0.1) is 11.6 Å². The minimum Gasteiger partial charge on any atom is -0.317 e. The zero-order valence-corrected chi connectivity index (χ0v) is 15.5. The molecule has 2 aromatic carbocycles. The zero-order valence-electron chi connectivity index (χ0n) is 13.1. The maximum Gasteiger partial charge on any atom is 0.188 e. The molecule has 0 unspecified atom stereocenters. The van der Waals surface area contributed by atoms with Gasteiger partial charge in [0.25, 0.3) is 0 Å². The summed E-state index contributed by atoms with van der Waals surface area (Å²) in [5.74, 6) is -1.37. The highest BCUT2D eigenvalue weighted by Gasteiger charge is 2.48. The molecule has 3 nitrogen and oxygen atoms in total. The van der Waals surface area contributed by atoms with E-state index in [0.717, 1.165) is 18.2 Å². The van der Waals surface area contributed by atoms with Crippen LogP contribution in [0.15, 0.2) is 47.4 Å². The van der Waals surface area contributed by atoms with E-state index >= 15 is 0 Å². The molecule has 0 saturated carbocycles. The van der Waals surface area contributed by atoms with Gasteiger partial charge in [-0.1, -0.05) is 11.6 Å². The Morgan fingerprint density at radius 1 is 1.00 bits per heavy atom. The van der Waals surface area contributed by atoms with E-state index in [4.69, 9.17) is 11.6 Å². The van der Waals surface area contributed by atoms with E-state index in [1.54, 1.807) is 0 Å². The van der Waals surface area contributed by atoms with Gasteiger partial charge in [-0.2, -0.15) is 0 Å². The first-order valence-electron chi connectivity index (χ1n) is 7.53. The van der Waals surface area contributed by atoms with Gasteiger partial charge in [0.05, 0.1) is 4.90 Å². The van der Waals surface area contributed by atoms with Crippen LogP contribution in [0.2, 0.25) is 5.02 Å². The van der Waals surface area contributed by atoms with Gasteiger partial charge in [0.15, 0.2) is 9.84 Å². The molecular formula is C17H17Cl2F2NO2S. The van der Waals surface area contributed by atoms with Crippen molar-refractivity contribution in [2.24, 2.45) is 0 Å². The highest BCUT2D eigenvalue weighted by Crippen LogP contribution is 2.44. The average Bonchev–Trinajstić information content (AvgIpc) is 2.58. The lowest BCUT2D eigenvalue weighted by molar-refractivity contribution is 0.381. The van der Waals surface area contributed by atoms with Crippen LogP contribution < -0.4 is 5.32 Å². The fourth-order valence-corrected chi connectivity index (χ4v) is 5.46. The van der Waals surface area contributed by atoms with Gasteiger partial charge < -0.3 is 5.32 Å². The lowest BCUT2D eigenvalue weighted by atomic mass is 9.88. The minimum absolute atomic E-state index is 0. The van der Waals surface area contributed by atoms with Crippen LogP contribution in [0.25, 0.3) is 0 Å². The molecule has 1 N–H and O–H groups in total. The van der Waals surface area contributed by atoms with Crippen molar-refractivity contribution in [3.8, 4) is 0 Å². The fourth-order valence-electron chi connectivity index (χ4n) is 3.20. The number of piperidine rings is 1. The summed E-state index contributed by atoms with van der Waals surface area (Å²) in [6.45, 7) is 0.811. The maximum atomic E-state index is 14.4. The topological polar surface area (TPSA) is 46.2 Å². The number of halogens is 4. The van der Waals surface area contributed by atoms with Gasteiger partial charge in [-0.3, -0.25) is 0 Å². The lowest BCUT2D eigenvalue weighted by Gasteiger charge is -2.37. The molecule has 1 aliphatic rings. The molecule has 0 aliphatic carbocycles. The molecule has 0 aromatic heterocycles. The van der Waals surface area contributed by atoms with Crippen LogP contribution >= 0.6 is 24.0 Å². The van der Waals surface area contributed by atoms with E-state index in [0.29, 0.717) is 18.1 Å². The number of hydrogen-bond donors (Lipinski definition) is 1. The van der Waals surface area contributed by atoms with E-state index in [1.807, 2.05) is 0 Å². The van der Waals surface area contributed by atoms with Crippen molar-refractivity contribution in [3.63, 3.8) is 0 Å². The Morgan fingerprint density at radius 2 is 1.60 bits per heavy atom. The maximum absolute atomic E-state index is 14.4. The van der Waals surface area contributed by atoms with Crippen molar-refractivity contribution in [2.75, 3.05) is 13.1 Å². The predicted octanol–water partition coefficient (Wildman–Crippen LogP) is 4.09. The van der Waals surface area contributed by atoms with E-state index in [-0.39, 0.29) is 35.7 Å². The first kappa shape index (κ1) is 20.1. The predicted molar refractivity (Wildman–Crippen MR) is 96.0 cm³/mol. The molecule has 1 heterocycles. The van der Waals surface area contributed by atoms with Crippen LogP contribution in [0.3, 0.4) is 0 Å². The molecule has 3 rings (SSSR count). The molecule has 25 heavy (non-hydrogen) atoms. The molecular weight excluding hydrogens is 391 g/mol. The van der Waals surface area contributed by atoms with Gasteiger partial charge in [0, 0.05) is 10.6 Å². The van der Waals surface area contributed by atoms with Crippen molar-refractivity contribution in [1.82, 2.24) is 5.32 Å². The van der Waals surface area contributed by atoms with Crippen LogP contribution in [0.1, 0.15) is 18.4 Å². The summed E-state index contributed by atoms with van der Waals surface area (Å²) in [6.07, 6.45) is 0.330. The molecule has 0 spiro atoms. The Kier molecular flexibility index (Phi) is 6.09. The summed E-state index contributed by atoms with van der Waals surface area (Å²) in [4.78, 5) is 0.0532. The summed E-state index contributed by atoms with van der Waals surface area (Å²) >= 11 is 5.83. The molecule has 0 amide bonds. The van der Waals surface area contributed by atoms with Gasteiger partial charge >= 0.3 is 0 Å². The normalized spacial score (nSPS) is 16.9. The van der Waals surface area contributed by atoms with Gasteiger partial charge in [0.1, 0.15) is 16.4 Å². The van der Waals surface area contributed by atoms with Crippen molar-refractivity contribution in [2.45, 2.75) is 22.5 Å². The lowest BCUT2D eigenvalue weighted by Crippen LogP contribution is -2.46. The van der Waals surface area contributed by atoms with Crippen molar-refractivity contribution < 1.29 is 17.2 Å². The van der Waals surface area contributed by atoms with E-state index in [9.17, 15) is 17.2 Å². The second kappa shape index (κ2) is 7.58. The smallest absolute Gasteiger partial charge is 0.188 e. The summed E-state index contributed by atoms with van der Waals surface area (Å²) in [6, 6.07) is 8.72. The van der Waals surface area contributed by atoms with Gasteiger partial charge in [0.2, 0.25) is 0 Å². The Hall–Kier alpha value is -1.21. The highest BCUT2D eigenvalue weighted by molar-refractivity contribution is 7.92. The molecule has 1 saturated heterocycles. The molecule has 2 aromatic rings. The summed E-state index contributed by atoms with van der Waals surface area (Å²) in [5, 5.41) is 3.48. The fraction of sp³-hybridized carbons (Fsp3) is 0.294. The molecule has 1 fully saturated rings. The first-order valence-corrected chi connectivity index (χ1v) is 9.39. The SMILES string of the molecule is Cl.O=S(=O)(c1ccc(Cl)cc1)C1(c2cc(F)ccc2F)CCNCC1. The van der Waals surface area contributed by atoms with Gasteiger partial charge in [-0.05, 0) is 68.4 Å². The third kappa shape index (κ3) is 3.53. The Morgan fingerprint density at radius 3 is 2.20 bits per heavy atom. The number of nitrogens with one attached hydrogen (secondary N) is 1. The third-order valence-corrected chi connectivity index (χ3v) is 7.27. The van der Waals surface area contributed by atoms with Crippen molar-refractivity contribution in [1.29, 1.82) is 0 Å². The standard InChI is InChI=1S/C17H16ClF2NO2S.ClH/c18-12-1-4-14(5-2-12)24(22,23)17(7-9-21-10-8-17)15-11-13(19)3-6-16(15)20;/h1-6,11,21H,7-10H2;1H. The van der Waals surface area contributed by atoms with Crippen LogP contribution in [-0.4, -0.2) is 21.5 Å². The molecule has 8 heteroatoms. The zero-order chi connectivity index (χ0) is 17.4. The number of hydrogen-bond acceptors (Lipinski definition) is 3. The largest absolute Gasteiger partial charge is 0.317 e. The van der Waals surface area contributed by atoms with Crippen molar-refractivity contribution >= 4 is 33.8 Å². The second-order valence-corrected chi connectivity index (χ2v) is 8.52. The number of sulfone groups is 1. The second-order valence-electron chi connectivity index (χ2n) is 5.83. The Bertz CT molecular complexity index is 851. The monoisotopic (exact) mass is 407 g/mol. The van der Waals surface area contributed by atoms with E-state index in [1.165, 1.54) is 24.3 Å². The minimum atomic E-state index is -3.94. The van der Waals surface area contributed by atoms with E-state index < -0.39 is 26.2 Å². The highest BCUT2D eigenvalue weighted by atomic mass is 35.5. The Balaban J connectivity index is 0.00000225. The molecule has 136 valence electrons. The average molecular weight is 408 g/mol.